The number of carbonyl (C=O) groups is 2. The minimum absolute atomic E-state index is 0.0220. The Labute approximate surface area is 211 Å². The third-order valence-electron chi connectivity index (χ3n) is 7.37. The molecule has 0 aliphatic carbocycles. The number of fused-ring (bicyclic) bond motifs is 1. The molecule has 2 atom stereocenters. The van der Waals surface area contributed by atoms with Crippen LogP contribution in [0.3, 0.4) is 0 Å². The lowest BCUT2D eigenvalue weighted by Crippen LogP contribution is -2.51. The number of halogens is 1. The molecule has 3 aliphatic rings. The van der Waals surface area contributed by atoms with Gasteiger partial charge in [-0.25, -0.2) is 9.97 Å². The van der Waals surface area contributed by atoms with Crippen molar-refractivity contribution >= 4 is 29.4 Å². The predicted molar refractivity (Wildman–Crippen MR) is 134 cm³/mol. The molecule has 0 unspecified atom stereocenters. The summed E-state index contributed by atoms with van der Waals surface area (Å²) in [6.07, 6.45) is 6.56. The SMILES string of the molecule is C[C@@H]1CCC[C@H](C)N1C(=O)CN1Cc2ccc(-c3nc(NC4CCOCC4)ncc3Cl)cc2C1=O. The molecule has 1 N–H and O–H groups in total. The largest absolute Gasteiger partial charge is 0.381 e. The van der Waals surface area contributed by atoms with E-state index in [-0.39, 0.29) is 36.5 Å². The van der Waals surface area contributed by atoms with E-state index in [1.165, 1.54) is 0 Å². The summed E-state index contributed by atoms with van der Waals surface area (Å²) in [7, 11) is 0. The van der Waals surface area contributed by atoms with Gasteiger partial charge in [0.05, 0.1) is 16.9 Å². The molecule has 1 aromatic heterocycles. The molecular weight excluding hydrogens is 466 g/mol. The maximum Gasteiger partial charge on any atom is 0.254 e. The smallest absolute Gasteiger partial charge is 0.254 e. The lowest BCUT2D eigenvalue weighted by molar-refractivity contribution is -0.138. The number of amides is 2. The van der Waals surface area contributed by atoms with Gasteiger partial charge in [-0.05, 0) is 57.6 Å². The zero-order valence-corrected chi connectivity index (χ0v) is 21.1. The summed E-state index contributed by atoms with van der Waals surface area (Å²) in [4.78, 5) is 38.9. The summed E-state index contributed by atoms with van der Waals surface area (Å²) < 4.78 is 5.42. The van der Waals surface area contributed by atoms with E-state index in [9.17, 15) is 9.59 Å². The van der Waals surface area contributed by atoms with Gasteiger partial charge < -0.3 is 19.9 Å². The molecule has 3 aliphatic heterocycles. The van der Waals surface area contributed by atoms with E-state index in [1.807, 2.05) is 23.1 Å². The first-order valence-electron chi connectivity index (χ1n) is 12.5. The zero-order chi connectivity index (χ0) is 24.5. The third kappa shape index (κ3) is 5.00. The fourth-order valence-corrected chi connectivity index (χ4v) is 5.66. The Balaban J connectivity index is 1.32. The van der Waals surface area contributed by atoms with Crippen LogP contribution in [0.5, 0.6) is 0 Å². The van der Waals surface area contributed by atoms with E-state index >= 15 is 0 Å². The van der Waals surface area contributed by atoms with Crippen molar-refractivity contribution < 1.29 is 14.3 Å². The Bertz CT molecular complexity index is 1110. The lowest BCUT2D eigenvalue weighted by Gasteiger charge is -2.39. The number of likely N-dealkylation sites (tertiary alicyclic amines) is 1. The van der Waals surface area contributed by atoms with E-state index < -0.39 is 0 Å². The highest BCUT2D eigenvalue weighted by atomic mass is 35.5. The highest BCUT2D eigenvalue weighted by molar-refractivity contribution is 6.33. The van der Waals surface area contributed by atoms with E-state index in [1.54, 1.807) is 11.1 Å². The van der Waals surface area contributed by atoms with E-state index in [0.717, 1.165) is 56.4 Å². The van der Waals surface area contributed by atoms with Crippen LogP contribution in [0.2, 0.25) is 5.02 Å². The van der Waals surface area contributed by atoms with Gasteiger partial charge in [-0.3, -0.25) is 9.59 Å². The quantitative estimate of drug-likeness (QED) is 0.668. The van der Waals surface area contributed by atoms with Crippen LogP contribution in [0.15, 0.2) is 24.4 Å². The Morgan fingerprint density at radius 1 is 1.17 bits per heavy atom. The number of hydrogen-bond acceptors (Lipinski definition) is 6. The van der Waals surface area contributed by atoms with E-state index in [4.69, 9.17) is 16.3 Å². The number of carbonyl (C=O) groups excluding carboxylic acids is 2. The molecule has 8 nitrogen and oxygen atoms in total. The first kappa shape index (κ1) is 24.0. The number of rotatable bonds is 5. The monoisotopic (exact) mass is 497 g/mol. The van der Waals surface area contributed by atoms with Gasteiger partial charge in [-0.15, -0.1) is 0 Å². The molecule has 2 saturated heterocycles. The first-order chi connectivity index (χ1) is 16.9. The van der Waals surface area contributed by atoms with Crippen LogP contribution in [-0.4, -0.2) is 69.5 Å². The molecule has 0 bridgehead atoms. The summed E-state index contributed by atoms with van der Waals surface area (Å²) in [5, 5.41) is 3.79. The first-order valence-corrected chi connectivity index (χ1v) is 12.9. The summed E-state index contributed by atoms with van der Waals surface area (Å²) in [5.74, 6) is 0.409. The van der Waals surface area contributed by atoms with Crippen LogP contribution < -0.4 is 5.32 Å². The third-order valence-corrected chi connectivity index (χ3v) is 7.64. The van der Waals surface area contributed by atoms with Gasteiger partial charge in [-0.2, -0.15) is 0 Å². The highest BCUT2D eigenvalue weighted by Crippen LogP contribution is 2.32. The van der Waals surface area contributed by atoms with Crippen LogP contribution in [0, 0.1) is 0 Å². The summed E-state index contributed by atoms with van der Waals surface area (Å²) in [6.45, 7) is 6.17. The summed E-state index contributed by atoms with van der Waals surface area (Å²) in [6, 6.07) is 6.38. The normalized spacial score (nSPS) is 22.9. The Morgan fingerprint density at radius 2 is 1.91 bits per heavy atom. The van der Waals surface area contributed by atoms with E-state index in [0.29, 0.717) is 28.8 Å². The minimum Gasteiger partial charge on any atom is -0.381 e. The summed E-state index contributed by atoms with van der Waals surface area (Å²) >= 11 is 6.45. The number of ether oxygens (including phenoxy) is 1. The second-order valence-electron chi connectivity index (χ2n) is 9.88. The maximum absolute atomic E-state index is 13.2. The van der Waals surface area contributed by atoms with Crippen molar-refractivity contribution in [3.63, 3.8) is 0 Å². The molecule has 1 aromatic carbocycles. The Morgan fingerprint density at radius 3 is 2.66 bits per heavy atom. The number of benzene rings is 1. The van der Waals surface area contributed by atoms with Crippen molar-refractivity contribution in [2.24, 2.45) is 0 Å². The maximum atomic E-state index is 13.2. The van der Waals surface area contributed by atoms with Crippen molar-refractivity contribution in [1.82, 2.24) is 19.8 Å². The summed E-state index contributed by atoms with van der Waals surface area (Å²) in [5.41, 5.74) is 2.85. The Hall–Kier alpha value is -2.71. The van der Waals surface area contributed by atoms with Crippen LogP contribution >= 0.6 is 11.6 Å². The lowest BCUT2D eigenvalue weighted by atomic mass is 9.97. The fourth-order valence-electron chi connectivity index (χ4n) is 5.46. The van der Waals surface area contributed by atoms with Crippen molar-refractivity contribution in [3.8, 4) is 11.3 Å². The second kappa shape index (κ2) is 10.1. The predicted octanol–water partition coefficient (Wildman–Crippen LogP) is 4.13. The molecular formula is C26H32ClN5O3. The Kier molecular flexibility index (Phi) is 6.93. The van der Waals surface area contributed by atoms with Crippen LogP contribution in [-0.2, 0) is 16.1 Å². The van der Waals surface area contributed by atoms with Gasteiger partial charge >= 0.3 is 0 Å². The molecule has 0 spiro atoms. The molecule has 35 heavy (non-hydrogen) atoms. The van der Waals surface area contributed by atoms with Crippen LogP contribution in [0.25, 0.3) is 11.3 Å². The van der Waals surface area contributed by atoms with Gasteiger partial charge in [0.15, 0.2) is 0 Å². The van der Waals surface area contributed by atoms with Crippen molar-refractivity contribution in [1.29, 1.82) is 0 Å². The minimum atomic E-state index is -0.127. The molecule has 2 fully saturated rings. The zero-order valence-electron chi connectivity index (χ0n) is 20.3. The number of nitrogens with one attached hydrogen (secondary N) is 1. The number of anilines is 1. The van der Waals surface area contributed by atoms with Gasteiger partial charge in [-0.1, -0.05) is 23.7 Å². The molecule has 4 heterocycles. The van der Waals surface area contributed by atoms with Crippen molar-refractivity contribution in [3.05, 3.63) is 40.5 Å². The average molecular weight is 498 g/mol. The number of nitrogens with zero attached hydrogens (tertiary/aromatic N) is 4. The van der Waals surface area contributed by atoms with Crippen molar-refractivity contribution in [2.45, 2.75) is 70.6 Å². The number of piperidine rings is 1. The number of aromatic nitrogens is 2. The molecule has 0 radical (unpaired) electrons. The second-order valence-corrected chi connectivity index (χ2v) is 10.3. The van der Waals surface area contributed by atoms with Crippen molar-refractivity contribution in [2.75, 3.05) is 25.1 Å². The average Bonchev–Trinajstić information content (AvgIpc) is 3.15. The standard InChI is InChI=1S/C26H32ClN5O3/c1-16-4-3-5-17(2)32(16)23(33)15-31-14-19-7-6-18(12-21(19)25(31)34)24-22(27)13-28-26(30-24)29-20-8-10-35-11-9-20/h6-7,12-13,16-17,20H,3-5,8-11,14-15H2,1-2H3,(H,28,29,30)/t16-,17+. The molecule has 2 amide bonds. The van der Waals surface area contributed by atoms with Gasteiger partial charge in [0.1, 0.15) is 6.54 Å². The topological polar surface area (TPSA) is 87.7 Å². The highest BCUT2D eigenvalue weighted by Gasteiger charge is 2.34. The molecule has 186 valence electrons. The van der Waals surface area contributed by atoms with Gasteiger partial charge in [0.25, 0.3) is 5.91 Å². The molecule has 9 heteroatoms. The van der Waals surface area contributed by atoms with Gasteiger partial charge in [0, 0.05) is 49.0 Å². The van der Waals surface area contributed by atoms with Crippen LogP contribution in [0.1, 0.15) is 61.9 Å². The number of hydrogen-bond donors (Lipinski definition) is 1. The van der Waals surface area contributed by atoms with E-state index in [2.05, 4.69) is 29.1 Å². The molecule has 2 aromatic rings. The van der Waals surface area contributed by atoms with Gasteiger partial charge in [0.2, 0.25) is 11.9 Å². The molecule has 5 rings (SSSR count). The van der Waals surface area contributed by atoms with Crippen LogP contribution in [0.4, 0.5) is 5.95 Å². The molecule has 0 saturated carbocycles. The fraction of sp³-hybridized carbons (Fsp3) is 0.538.